The summed E-state index contributed by atoms with van der Waals surface area (Å²) in [5.41, 5.74) is 6.80. The quantitative estimate of drug-likeness (QED) is 0.912. The number of piperazine rings is 1. The molecule has 4 nitrogen and oxygen atoms in total. The average Bonchev–Trinajstić information content (AvgIpc) is 2.34. The number of pyridine rings is 1. The first-order chi connectivity index (χ1) is 8.20. The molecule has 0 atom stereocenters. The van der Waals surface area contributed by atoms with E-state index in [1.165, 1.54) is 5.56 Å². The lowest BCUT2D eigenvalue weighted by molar-refractivity contribution is 0.264. The molecule has 1 saturated heterocycles. The monoisotopic (exact) mass is 298 g/mol. The number of nitrogens with two attached hydrogens (primary N) is 1. The third-order valence-corrected chi connectivity index (χ3v) is 4.00. The normalized spacial score (nSPS) is 17.5. The SMILES string of the molecule is Cc1cc(N2CCN(CCN)CC2)ncc1Br. The second-order valence-electron chi connectivity index (χ2n) is 4.41. The van der Waals surface area contributed by atoms with E-state index in [4.69, 9.17) is 5.73 Å². The molecule has 0 aliphatic carbocycles. The van der Waals surface area contributed by atoms with Crippen molar-refractivity contribution >= 4 is 21.7 Å². The van der Waals surface area contributed by atoms with Crippen molar-refractivity contribution in [2.45, 2.75) is 6.92 Å². The number of aryl methyl sites for hydroxylation is 1. The van der Waals surface area contributed by atoms with Crippen LogP contribution in [0.15, 0.2) is 16.7 Å². The van der Waals surface area contributed by atoms with Crippen LogP contribution in [0.4, 0.5) is 5.82 Å². The first-order valence-corrected chi connectivity index (χ1v) is 6.79. The van der Waals surface area contributed by atoms with Crippen LogP contribution in [0.5, 0.6) is 0 Å². The Bertz CT molecular complexity index is 375. The lowest BCUT2D eigenvalue weighted by Crippen LogP contribution is -2.48. The Labute approximate surface area is 111 Å². The van der Waals surface area contributed by atoms with E-state index in [-0.39, 0.29) is 0 Å². The molecule has 0 spiro atoms. The third-order valence-electron chi connectivity index (χ3n) is 3.17. The molecule has 94 valence electrons. The highest BCUT2D eigenvalue weighted by Gasteiger charge is 2.17. The summed E-state index contributed by atoms with van der Waals surface area (Å²) in [6.07, 6.45) is 1.89. The van der Waals surface area contributed by atoms with Gasteiger partial charge >= 0.3 is 0 Å². The van der Waals surface area contributed by atoms with Crippen molar-refractivity contribution in [3.63, 3.8) is 0 Å². The fraction of sp³-hybridized carbons (Fsp3) is 0.583. The molecule has 2 heterocycles. The van der Waals surface area contributed by atoms with Crippen molar-refractivity contribution < 1.29 is 0 Å². The van der Waals surface area contributed by atoms with Crippen LogP contribution in [-0.4, -0.2) is 49.2 Å². The molecule has 0 aromatic carbocycles. The number of hydrogen-bond donors (Lipinski definition) is 1. The van der Waals surface area contributed by atoms with Crippen LogP contribution >= 0.6 is 15.9 Å². The van der Waals surface area contributed by atoms with Gasteiger partial charge in [-0.3, -0.25) is 4.90 Å². The topological polar surface area (TPSA) is 45.4 Å². The number of halogens is 1. The van der Waals surface area contributed by atoms with Gasteiger partial charge in [-0.15, -0.1) is 0 Å². The van der Waals surface area contributed by atoms with Crippen LogP contribution in [0.1, 0.15) is 5.56 Å². The summed E-state index contributed by atoms with van der Waals surface area (Å²) in [6.45, 7) is 8.07. The highest BCUT2D eigenvalue weighted by molar-refractivity contribution is 9.10. The Balaban J connectivity index is 1.98. The molecule has 5 heteroatoms. The van der Waals surface area contributed by atoms with Crippen LogP contribution < -0.4 is 10.6 Å². The lowest BCUT2D eigenvalue weighted by atomic mass is 10.2. The lowest BCUT2D eigenvalue weighted by Gasteiger charge is -2.35. The Morgan fingerprint density at radius 2 is 2.06 bits per heavy atom. The van der Waals surface area contributed by atoms with E-state index < -0.39 is 0 Å². The maximum atomic E-state index is 5.57. The largest absolute Gasteiger partial charge is 0.354 e. The van der Waals surface area contributed by atoms with E-state index in [1.807, 2.05) is 6.20 Å². The Morgan fingerprint density at radius 3 is 2.65 bits per heavy atom. The predicted octanol–water partition coefficient (Wildman–Crippen LogP) is 1.23. The van der Waals surface area contributed by atoms with Gasteiger partial charge in [-0.2, -0.15) is 0 Å². The summed E-state index contributed by atoms with van der Waals surface area (Å²) in [6, 6.07) is 2.14. The summed E-state index contributed by atoms with van der Waals surface area (Å²) < 4.78 is 1.07. The first-order valence-electron chi connectivity index (χ1n) is 6.00. The van der Waals surface area contributed by atoms with Crippen LogP contribution in [-0.2, 0) is 0 Å². The van der Waals surface area contributed by atoms with E-state index in [0.717, 1.165) is 49.6 Å². The van der Waals surface area contributed by atoms with Gasteiger partial charge in [-0.25, -0.2) is 4.98 Å². The minimum absolute atomic E-state index is 0.746. The van der Waals surface area contributed by atoms with E-state index in [0.29, 0.717) is 0 Å². The van der Waals surface area contributed by atoms with Crippen LogP contribution in [0.2, 0.25) is 0 Å². The molecule has 0 radical (unpaired) electrons. The van der Waals surface area contributed by atoms with E-state index in [9.17, 15) is 0 Å². The molecule has 17 heavy (non-hydrogen) atoms. The molecule has 0 saturated carbocycles. The molecule has 1 aliphatic heterocycles. The maximum Gasteiger partial charge on any atom is 0.128 e. The van der Waals surface area contributed by atoms with E-state index in [1.54, 1.807) is 0 Å². The molecule has 1 fully saturated rings. The second kappa shape index (κ2) is 5.80. The van der Waals surface area contributed by atoms with Crippen molar-refractivity contribution in [3.05, 3.63) is 22.3 Å². The minimum atomic E-state index is 0.746. The summed E-state index contributed by atoms with van der Waals surface area (Å²) in [4.78, 5) is 9.21. The standard InChI is InChI=1S/C12H19BrN4/c1-10-8-12(15-9-11(10)13)17-6-4-16(3-2-14)5-7-17/h8-9H,2-7,14H2,1H3. The van der Waals surface area contributed by atoms with Gasteiger partial charge < -0.3 is 10.6 Å². The van der Waals surface area contributed by atoms with Crippen molar-refractivity contribution in [2.75, 3.05) is 44.2 Å². The summed E-state index contributed by atoms with van der Waals surface area (Å²) in [7, 11) is 0. The summed E-state index contributed by atoms with van der Waals surface area (Å²) in [5, 5.41) is 0. The average molecular weight is 299 g/mol. The van der Waals surface area contributed by atoms with Crippen molar-refractivity contribution in [3.8, 4) is 0 Å². The van der Waals surface area contributed by atoms with Gasteiger partial charge in [0.15, 0.2) is 0 Å². The fourth-order valence-electron chi connectivity index (χ4n) is 2.08. The van der Waals surface area contributed by atoms with Gasteiger partial charge in [0.25, 0.3) is 0 Å². The second-order valence-corrected chi connectivity index (χ2v) is 5.26. The summed E-state index contributed by atoms with van der Waals surface area (Å²) >= 11 is 3.48. The van der Waals surface area contributed by atoms with Gasteiger partial charge in [0.1, 0.15) is 5.82 Å². The molecule has 0 amide bonds. The van der Waals surface area contributed by atoms with Crippen LogP contribution in [0, 0.1) is 6.92 Å². The predicted molar refractivity (Wildman–Crippen MR) is 74.4 cm³/mol. The smallest absolute Gasteiger partial charge is 0.128 e. The molecular formula is C12H19BrN4. The fourth-order valence-corrected chi connectivity index (χ4v) is 2.30. The van der Waals surface area contributed by atoms with Crippen molar-refractivity contribution in [1.29, 1.82) is 0 Å². The van der Waals surface area contributed by atoms with E-state index in [2.05, 4.69) is 43.7 Å². The zero-order chi connectivity index (χ0) is 12.3. The molecular weight excluding hydrogens is 280 g/mol. The van der Waals surface area contributed by atoms with Gasteiger partial charge in [-0.1, -0.05) is 0 Å². The van der Waals surface area contributed by atoms with Gasteiger partial charge in [0.05, 0.1) is 0 Å². The maximum absolute atomic E-state index is 5.57. The highest BCUT2D eigenvalue weighted by Crippen LogP contribution is 2.20. The number of hydrogen-bond acceptors (Lipinski definition) is 4. The molecule has 1 aromatic rings. The zero-order valence-electron chi connectivity index (χ0n) is 10.2. The number of rotatable bonds is 3. The van der Waals surface area contributed by atoms with Crippen molar-refractivity contribution in [2.24, 2.45) is 5.73 Å². The Morgan fingerprint density at radius 1 is 1.35 bits per heavy atom. The van der Waals surface area contributed by atoms with Gasteiger partial charge in [0, 0.05) is 49.9 Å². The molecule has 0 bridgehead atoms. The van der Waals surface area contributed by atoms with Crippen LogP contribution in [0.3, 0.4) is 0 Å². The Kier molecular flexibility index (Phi) is 4.36. The number of nitrogens with zero attached hydrogens (tertiary/aromatic N) is 3. The van der Waals surface area contributed by atoms with Gasteiger partial charge in [0.2, 0.25) is 0 Å². The highest BCUT2D eigenvalue weighted by atomic mass is 79.9. The molecule has 1 aliphatic rings. The zero-order valence-corrected chi connectivity index (χ0v) is 11.8. The minimum Gasteiger partial charge on any atom is -0.354 e. The number of aromatic nitrogens is 1. The molecule has 2 rings (SSSR count). The first kappa shape index (κ1) is 12.8. The van der Waals surface area contributed by atoms with E-state index >= 15 is 0 Å². The molecule has 0 unspecified atom stereocenters. The number of anilines is 1. The molecule has 1 aromatic heterocycles. The third kappa shape index (κ3) is 3.18. The summed E-state index contributed by atoms with van der Waals surface area (Å²) in [5.74, 6) is 1.08. The van der Waals surface area contributed by atoms with Gasteiger partial charge in [-0.05, 0) is 34.5 Å². The molecule has 2 N–H and O–H groups in total. The Hall–Kier alpha value is -0.650. The van der Waals surface area contributed by atoms with Crippen molar-refractivity contribution in [1.82, 2.24) is 9.88 Å². The van der Waals surface area contributed by atoms with Crippen LogP contribution in [0.25, 0.3) is 0 Å².